The fourth-order valence-corrected chi connectivity index (χ4v) is 0.989. The van der Waals surface area contributed by atoms with Crippen molar-refractivity contribution in [2.45, 2.75) is 0 Å². The molecule has 1 heterocycles. The number of halogens is 3. The van der Waals surface area contributed by atoms with Crippen molar-refractivity contribution in [1.82, 2.24) is 0 Å². The van der Waals surface area contributed by atoms with Gasteiger partial charge in [0.25, 0.3) is 0 Å². The quantitative estimate of drug-likeness (QED) is 0.377. The van der Waals surface area contributed by atoms with Gasteiger partial charge in [-0.1, -0.05) is 0 Å². The molecule has 5 heteroatoms. The van der Waals surface area contributed by atoms with Crippen molar-refractivity contribution >= 4 is 27.5 Å². The lowest BCUT2D eigenvalue weighted by molar-refractivity contribution is -0.605. The molecule has 0 radical (unpaired) electrons. The molecule has 0 aliphatic rings. The first kappa shape index (κ1) is 7.75. The number of hydrogen-bond acceptors (Lipinski definition) is 1. The van der Waals surface area contributed by atoms with E-state index in [0.29, 0.717) is 0 Å². The molecule has 0 bridgehead atoms. The van der Waals surface area contributed by atoms with E-state index in [1.807, 2.05) is 0 Å². The Kier molecular flexibility index (Phi) is 2.11. The minimum Gasteiger partial charge on any atom is -0.618 e. The zero-order valence-electron chi connectivity index (χ0n) is 4.64. The van der Waals surface area contributed by atoms with Crippen LogP contribution in [0.3, 0.4) is 0 Å². The number of rotatable bonds is 0. The van der Waals surface area contributed by atoms with Crippen LogP contribution in [0.25, 0.3) is 0 Å². The molecule has 0 fully saturated rings. The first-order valence-corrected chi connectivity index (χ1v) is 3.52. The van der Waals surface area contributed by atoms with E-state index in [1.54, 1.807) is 0 Å². The molecule has 0 saturated heterocycles. The van der Waals surface area contributed by atoms with Crippen LogP contribution in [-0.4, -0.2) is 0 Å². The van der Waals surface area contributed by atoms with Crippen LogP contribution in [0.2, 0.25) is 5.15 Å². The van der Waals surface area contributed by atoms with Gasteiger partial charge in [0.15, 0.2) is 5.82 Å². The Balaban J connectivity index is 3.31. The molecule has 0 amide bonds. The zero-order valence-corrected chi connectivity index (χ0v) is 6.99. The summed E-state index contributed by atoms with van der Waals surface area (Å²) in [6.07, 6.45) is 0.757. The lowest BCUT2D eigenvalue weighted by Crippen LogP contribution is -2.27. The Hall–Kier alpha value is -0.350. The molecule has 0 unspecified atom stereocenters. The molecule has 10 heavy (non-hydrogen) atoms. The highest BCUT2D eigenvalue weighted by molar-refractivity contribution is 9.10. The Morgan fingerprint density at radius 3 is 2.80 bits per heavy atom. The van der Waals surface area contributed by atoms with Crippen LogP contribution >= 0.6 is 27.5 Å². The van der Waals surface area contributed by atoms with Gasteiger partial charge in [-0.2, -0.15) is 4.73 Å². The minimum absolute atomic E-state index is 0.0681. The highest BCUT2D eigenvalue weighted by atomic mass is 79.9. The van der Waals surface area contributed by atoms with E-state index in [4.69, 9.17) is 11.6 Å². The zero-order chi connectivity index (χ0) is 7.72. The number of hydrogen-bond donors (Lipinski definition) is 0. The van der Waals surface area contributed by atoms with Gasteiger partial charge in [0, 0.05) is 6.07 Å². The van der Waals surface area contributed by atoms with Gasteiger partial charge in [-0.15, -0.1) is 0 Å². The largest absolute Gasteiger partial charge is 0.618 e. The normalized spacial score (nSPS) is 9.90. The predicted octanol–water partition coefficient (Wildman–Crippen LogP) is 1.88. The maximum Gasteiger partial charge on any atom is 0.300 e. The average Bonchev–Trinajstić information content (AvgIpc) is 1.82. The van der Waals surface area contributed by atoms with Gasteiger partial charge < -0.3 is 5.21 Å². The molecular formula is C5H2BrClFNO. The summed E-state index contributed by atoms with van der Waals surface area (Å²) >= 11 is 8.29. The summed E-state index contributed by atoms with van der Waals surface area (Å²) in [5.41, 5.74) is 0. The second-order valence-electron chi connectivity index (χ2n) is 1.62. The minimum atomic E-state index is -0.619. The average molecular weight is 226 g/mol. The van der Waals surface area contributed by atoms with Crippen LogP contribution < -0.4 is 4.73 Å². The molecule has 0 aliphatic carbocycles. The summed E-state index contributed by atoms with van der Waals surface area (Å²) in [7, 11) is 0. The molecule has 0 atom stereocenters. The first-order chi connectivity index (χ1) is 4.61. The summed E-state index contributed by atoms with van der Waals surface area (Å²) in [6, 6.07) is 1.12. The van der Waals surface area contributed by atoms with E-state index in [2.05, 4.69) is 15.9 Å². The van der Waals surface area contributed by atoms with E-state index in [-0.39, 0.29) is 14.4 Å². The van der Waals surface area contributed by atoms with Crippen LogP contribution in [0.4, 0.5) is 4.39 Å². The van der Waals surface area contributed by atoms with Gasteiger partial charge in [-0.3, -0.25) is 0 Å². The Labute approximate surface area is 69.9 Å². The number of aromatic nitrogens is 1. The SMILES string of the molecule is [O-][n+]1cc(F)cc(Br)c1Cl. The third-order valence-corrected chi connectivity index (χ3v) is 2.10. The van der Waals surface area contributed by atoms with Gasteiger partial charge in [0.05, 0.1) is 0 Å². The van der Waals surface area contributed by atoms with Gasteiger partial charge >= 0.3 is 5.15 Å². The fraction of sp³-hybridized carbons (Fsp3) is 0. The number of pyridine rings is 1. The molecular weight excluding hydrogens is 224 g/mol. The highest BCUT2D eigenvalue weighted by Gasteiger charge is 2.08. The van der Waals surface area contributed by atoms with Crippen molar-refractivity contribution in [3.63, 3.8) is 0 Å². The summed E-state index contributed by atoms with van der Waals surface area (Å²) < 4.78 is 12.8. The summed E-state index contributed by atoms with van der Waals surface area (Å²) in [6.45, 7) is 0. The van der Waals surface area contributed by atoms with Crippen molar-refractivity contribution in [3.05, 3.63) is 32.9 Å². The van der Waals surface area contributed by atoms with E-state index in [0.717, 1.165) is 12.3 Å². The monoisotopic (exact) mass is 225 g/mol. The van der Waals surface area contributed by atoms with Crippen molar-refractivity contribution in [1.29, 1.82) is 0 Å². The van der Waals surface area contributed by atoms with Crippen LogP contribution in [-0.2, 0) is 0 Å². The van der Waals surface area contributed by atoms with Crippen LogP contribution in [0.5, 0.6) is 0 Å². The van der Waals surface area contributed by atoms with Gasteiger partial charge in [0.1, 0.15) is 4.47 Å². The molecule has 0 spiro atoms. The Bertz CT molecular complexity index is 245. The van der Waals surface area contributed by atoms with Crippen molar-refractivity contribution in [2.24, 2.45) is 0 Å². The summed E-state index contributed by atoms with van der Waals surface area (Å²) in [5.74, 6) is -0.619. The van der Waals surface area contributed by atoms with Crippen molar-refractivity contribution in [3.8, 4) is 0 Å². The molecule has 2 nitrogen and oxygen atoms in total. The van der Waals surface area contributed by atoms with Gasteiger partial charge in [-0.25, -0.2) is 4.39 Å². The van der Waals surface area contributed by atoms with E-state index >= 15 is 0 Å². The van der Waals surface area contributed by atoms with Crippen LogP contribution in [0.15, 0.2) is 16.7 Å². The third kappa shape index (κ3) is 1.38. The number of nitrogens with zero attached hydrogens (tertiary/aromatic N) is 1. The molecule has 0 aliphatic heterocycles. The topological polar surface area (TPSA) is 26.9 Å². The fourth-order valence-electron chi connectivity index (χ4n) is 0.492. The molecule has 1 aromatic rings. The predicted molar refractivity (Wildman–Crippen MR) is 38.1 cm³/mol. The Morgan fingerprint density at radius 1 is 1.70 bits per heavy atom. The molecule has 1 rings (SSSR count). The second kappa shape index (κ2) is 2.72. The maximum absolute atomic E-state index is 12.3. The molecule has 0 aromatic carbocycles. The molecule has 54 valence electrons. The molecule has 1 aromatic heterocycles. The highest BCUT2D eigenvalue weighted by Crippen LogP contribution is 2.17. The van der Waals surface area contributed by atoms with Crippen LogP contribution in [0.1, 0.15) is 0 Å². The molecule has 0 N–H and O–H groups in total. The van der Waals surface area contributed by atoms with E-state index in [9.17, 15) is 9.60 Å². The first-order valence-electron chi connectivity index (χ1n) is 2.35. The van der Waals surface area contributed by atoms with Crippen molar-refractivity contribution in [2.75, 3.05) is 0 Å². The lowest BCUT2D eigenvalue weighted by atomic mass is 10.5. The third-order valence-electron chi connectivity index (χ3n) is 0.896. The Morgan fingerprint density at radius 2 is 2.30 bits per heavy atom. The molecule has 0 saturated carbocycles. The van der Waals surface area contributed by atoms with Gasteiger partial charge in [-0.05, 0) is 27.5 Å². The van der Waals surface area contributed by atoms with Crippen LogP contribution in [0, 0.1) is 11.0 Å². The van der Waals surface area contributed by atoms with E-state index in [1.165, 1.54) is 0 Å². The maximum atomic E-state index is 12.3. The smallest absolute Gasteiger partial charge is 0.300 e. The van der Waals surface area contributed by atoms with Crippen molar-refractivity contribution < 1.29 is 9.12 Å². The van der Waals surface area contributed by atoms with E-state index < -0.39 is 5.82 Å². The summed E-state index contributed by atoms with van der Waals surface area (Å²) in [4.78, 5) is 0. The summed E-state index contributed by atoms with van der Waals surface area (Å²) in [5, 5.41) is 10.5. The van der Waals surface area contributed by atoms with Gasteiger partial charge in [0.2, 0.25) is 6.20 Å². The standard InChI is InChI=1S/C5H2BrClFNO/c6-4-1-3(8)2-9(10)5(4)7/h1-2H. The lowest BCUT2D eigenvalue weighted by Gasteiger charge is -1.98. The second-order valence-corrected chi connectivity index (χ2v) is 2.84.